The molecule has 4 heteroatoms. The lowest BCUT2D eigenvalue weighted by Gasteiger charge is -2.21. The summed E-state index contributed by atoms with van der Waals surface area (Å²) in [7, 11) is 0. The van der Waals surface area contributed by atoms with Crippen LogP contribution in [0.2, 0.25) is 0 Å². The molecule has 4 nitrogen and oxygen atoms in total. The first-order valence-corrected chi connectivity index (χ1v) is 14.2. The Morgan fingerprint density at radius 2 is 0.738 bits per heavy atom. The van der Waals surface area contributed by atoms with Crippen LogP contribution in [0.15, 0.2) is 110 Å². The zero-order valence-corrected chi connectivity index (χ0v) is 24.2. The Morgan fingerprint density at radius 3 is 1.10 bits per heavy atom. The highest BCUT2D eigenvalue weighted by Crippen LogP contribution is 2.46. The van der Waals surface area contributed by atoms with Gasteiger partial charge in [0, 0.05) is 81.9 Å². The van der Waals surface area contributed by atoms with Gasteiger partial charge in [0.1, 0.15) is 0 Å². The molecule has 0 saturated carbocycles. The second-order valence-electron chi connectivity index (χ2n) is 10.8. The number of aromatic nitrogens is 4. The molecule has 4 aromatic heterocycles. The zero-order chi connectivity index (χ0) is 28.8. The summed E-state index contributed by atoms with van der Waals surface area (Å²) in [5, 5.41) is 4.77. The van der Waals surface area contributed by atoms with Crippen molar-refractivity contribution in [3.63, 3.8) is 0 Å². The molecule has 0 amide bonds. The van der Waals surface area contributed by atoms with E-state index in [4.69, 9.17) is 9.97 Å². The van der Waals surface area contributed by atoms with Gasteiger partial charge in [0.05, 0.1) is 0 Å². The van der Waals surface area contributed by atoms with Crippen molar-refractivity contribution in [2.24, 2.45) is 0 Å². The number of aryl methyl sites for hydroxylation is 2. The number of pyridine rings is 4. The minimum Gasteiger partial charge on any atom is -0.263 e. The van der Waals surface area contributed by atoms with Gasteiger partial charge in [-0.2, -0.15) is 0 Å². The quantitative estimate of drug-likeness (QED) is 0.208. The van der Waals surface area contributed by atoms with Gasteiger partial charge >= 0.3 is 0 Å². The van der Waals surface area contributed by atoms with Crippen molar-refractivity contribution in [1.29, 1.82) is 0 Å². The van der Waals surface area contributed by atoms with Crippen molar-refractivity contribution in [1.82, 2.24) is 19.9 Å². The molecule has 0 aliphatic carbocycles. The summed E-state index contributed by atoms with van der Waals surface area (Å²) in [4.78, 5) is 18.6. The molecule has 0 atom stereocenters. The predicted molar refractivity (Wildman–Crippen MR) is 173 cm³/mol. The van der Waals surface area contributed by atoms with E-state index in [0.29, 0.717) is 0 Å². The molecule has 0 N–H and O–H groups in total. The second-order valence-corrected chi connectivity index (χ2v) is 10.8. The van der Waals surface area contributed by atoms with Crippen LogP contribution in [-0.2, 0) is 0 Å². The lowest BCUT2D eigenvalue weighted by Crippen LogP contribution is -1.98. The minimum atomic E-state index is 0.997. The first-order valence-electron chi connectivity index (χ1n) is 14.2. The number of rotatable bonds is 4. The molecule has 3 aromatic carbocycles. The van der Waals surface area contributed by atoms with Gasteiger partial charge in [-0.15, -0.1) is 0 Å². The van der Waals surface area contributed by atoms with Gasteiger partial charge in [-0.1, -0.05) is 60.7 Å². The fraction of sp³-hybridized carbons (Fsp3) is 0.105. The number of nitrogens with zero attached hydrogens (tertiary/aromatic N) is 4. The molecule has 202 valence electrons. The van der Waals surface area contributed by atoms with Crippen LogP contribution in [0.25, 0.3) is 66.1 Å². The van der Waals surface area contributed by atoms with Crippen LogP contribution in [0.1, 0.15) is 22.5 Å². The monoisotopic (exact) mass is 542 g/mol. The predicted octanol–water partition coefficient (Wildman–Crippen LogP) is 9.47. The van der Waals surface area contributed by atoms with E-state index >= 15 is 0 Å². The average Bonchev–Trinajstić information content (AvgIpc) is 3.01. The molecule has 0 spiro atoms. The summed E-state index contributed by atoms with van der Waals surface area (Å²) in [5.41, 5.74) is 13.5. The third-order valence-electron chi connectivity index (χ3n) is 8.49. The summed E-state index contributed by atoms with van der Waals surface area (Å²) in [6, 6.07) is 25.7. The summed E-state index contributed by atoms with van der Waals surface area (Å²) in [5.74, 6) is 0. The number of hydrogen-bond donors (Lipinski definition) is 0. The van der Waals surface area contributed by atoms with E-state index in [2.05, 4.69) is 98.3 Å². The SMILES string of the molecule is Cc1ncccc1-c1cncc(-c2c3ccccc3c(-c3cncc(-c4cccnc4C)c3C)c3ccccc23)c1C. The Labute approximate surface area is 245 Å². The Kier molecular flexibility index (Phi) is 6.32. The van der Waals surface area contributed by atoms with Crippen LogP contribution >= 0.6 is 0 Å². The molecule has 0 aliphatic heterocycles. The maximum atomic E-state index is 4.76. The second kappa shape index (κ2) is 10.3. The van der Waals surface area contributed by atoms with E-state index in [1.165, 1.54) is 43.8 Å². The fourth-order valence-electron chi connectivity index (χ4n) is 6.34. The van der Waals surface area contributed by atoms with Crippen LogP contribution in [-0.4, -0.2) is 19.9 Å². The van der Waals surface area contributed by atoms with E-state index in [0.717, 1.165) is 44.8 Å². The standard InChI is InChI=1S/C38H30N4/c1-23-33(27-15-9-17-41-25(27)3)19-39-21-35(23)37-29-11-5-7-13-31(29)38(32-14-8-6-12-30(32)37)36-22-40-20-34(24(36)2)28-16-10-18-42-26(28)4/h5-22H,1-4H3. The van der Waals surface area contributed by atoms with Gasteiger partial charge in [-0.25, -0.2) is 0 Å². The first-order chi connectivity index (χ1) is 20.5. The molecule has 0 bridgehead atoms. The number of hydrogen-bond acceptors (Lipinski definition) is 4. The van der Waals surface area contributed by atoms with Crippen LogP contribution in [0.3, 0.4) is 0 Å². The van der Waals surface area contributed by atoms with E-state index in [1.807, 2.05) is 49.3 Å². The molecule has 0 fully saturated rings. The van der Waals surface area contributed by atoms with Crippen LogP contribution < -0.4 is 0 Å². The third kappa shape index (κ3) is 4.07. The molecule has 7 aromatic rings. The van der Waals surface area contributed by atoms with Crippen molar-refractivity contribution < 1.29 is 0 Å². The summed E-state index contributed by atoms with van der Waals surface area (Å²) < 4.78 is 0. The highest BCUT2D eigenvalue weighted by Gasteiger charge is 2.21. The van der Waals surface area contributed by atoms with Gasteiger partial charge in [0.2, 0.25) is 0 Å². The average molecular weight is 543 g/mol. The minimum absolute atomic E-state index is 0.997. The summed E-state index contributed by atoms with van der Waals surface area (Å²) >= 11 is 0. The lowest BCUT2D eigenvalue weighted by molar-refractivity contribution is 1.19. The third-order valence-corrected chi connectivity index (χ3v) is 8.49. The van der Waals surface area contributed by atoms with Crippen molar-refractivity contribution in [2.45, 2.75) is 27.7 Å². The molecule has 0 radical (unpaired) electrons. The highest BCUT2D eigenvalue weighted by atomic mass is 14.7. The Balaban J connectivity index is 1.56. The summed E-state index contributed by atoms with van der Waals surface area (Å²) in [6.07, 6.45) is 11.6. The smallest absolute Gasteiger partial charge is 0.0451 e. The Hall–Kier alpha value is -5.22. The Morgan fingerprint density at radius 1 is 0.381 bits per heavy atom. The fourth-order valence-corrected chi connectivity index (χ4v) is 6.34. The van der Waals surface area contributed by atoms with Crippen molar-refractivity contribution in [3.05, 3.63) is 132 Å². The normalized spacial score (nSPS) is 11.3. The molecule has 42 heavy (non-hydrogen) atoms. The van der Waals surface area contributed by atoms with E-state index in [9.17, 15) is 0 Å². The summed E-state index contributed by atoms with van der Waals surface area (Å²) in [6.45, 7) is 8.51. The van der Waals surface area contributed by atoms with Crippen molar-refractivity contribution >= 4 is 21.5 Å². The Bertz CT molecular complexity index is 1940. The van der Waals surface area contributed by atoms with Gasteiger partial charge in [0.15, 0.2) is 0 Å². The number of benzene rings is 3. The molecule has 7 rings (SSSR count). The van der Waals surface area contributed by atoms with E-state index < -0.39 is 0 Å². The largest absolute Gasteiger partial charge is 0.263 e. The molecular weight excluding hydrogens is 512 g/mol. The highest BCUT2D eigenvalue weighted by molar-refractivity contribution is 6.22. The van der Waals surface area contributed by atoms with E-state index in [1.54, 1.807) is 0 Å². The maximum absolute atomic E-state index is 4.76. The van der Waals surface area contributed by atoms with E-state index in [-0.39, 0.29) is 0 Å². The molecule has 0 aliphatic rings. The van der Waals surface area contributed by atoms with Crippen LogP contribution in [0.4, 0.5) is 0 Å². The molecule has 0 saturated heterocycles. The van der Waals surface area contributed by atoms with Gasteiger partial charge in [-0.05, 0) is 83.6 Å². The zero-order valence-electron chi connectivity index (χ0n) is 24.2. The topological polar surface area (TPSA) is 51.6 Å². The van der Waals surface area contributed by atoms with Gasteiger partial charge < -0.3 is 0 Å². The van der Waals surface area contributed by atoms with Gasteiger partial charge in [-0.3, -0.25) is 19.9 Å². The molecule has 4 heterocycles. The van der Waals surface area contributed by atoms with Crippen LogP contribution in [0, 0.1) is 27.7 Å². The number of fused-ring (bicyclic) bond motifs is 2. The van der Waals surface area contributed by atoms with Crippen molar-refractivity contribution in [3.8, 4) is 44.5 Å². The van der Waals surface area contributed by atoms with Crippen molar-refractivity contribution in [2.75, 3.05) is 0 Å². The van der Waals surface area contributed by atoms with Crippen LogP contribution in [0.5, 0.6) is 0 Å². The maximum Gasteiger partial charge on any atom is 0.0451 e. The van der Waals surface area contributed by atoms with Gasteiger partial charge in [0.25, 0.3) is 0 Å². The first kappa shape index (κ1) is 25.7. The molecule has 0 unspecified atom stereocenters. The lowest BCUT2D eigenvalue weighted by atomic mass is 9.83. The molecular formula is C38H30N4.